The molecule has 0 spiro atoms. The first-order valence-corrected chi connectivity index (χ1v) is 7.98. The molecule has 2 aliphatic rings. The summed E-state index contributed by atoms with van der Waals surface area (Å²) in [4.78, 5) is 2.35. The quantitative estimate of drug-likeness (QED) is 0.902. The van der Waals surface area contributed by atoms with Gasteiger partial charge >= 0.3 is 0 Å². The van der Waals surface area contributed by atoms with Gasteiger partial charge in [0, 0.05) is 31.4 Å². The average molecular weight is 276 g/mol. The monoisotopic (exact) mass is 276 g/mol. The van der Waals surface area contributed by atoms with Crippen LogP contribution in [0.5, 0.6) is 0 Å². The molecule has 1 saturated carbocycles. The highest BCUT2D eigenvalue weighted by Gasteiger charge is 2.20. The Labute approximate surface area is 121 Å². The first-order valence-electron chi connectivity index (χ1n) is 7.98. The third-order valence-electron chi connectivity index (χ3n) is 4.50. The standard InChI is InChI=1S/C17H25FN2/c1-13-3-2-7-20(8-6-13)17-10-14(9-15(18)11-17)12-19-16-4-5-16/h9-11,13,16,19H,2-8,12H2,1H3. The van der Waals surface area contributed by atoms with E-state index in [1.54, 1.807) is 12.1 Å². The van der Waals surface area contributed by atoms with Crippen molar-refractivity contribution in [2.45, 2.75) is 51.6 Å². The molecule has 1 atom stereocenters. The Morgan fingerprint density at radius 1 is 1.15 bits per heavy atom. The minimum atomic E-state index is -0.104. The smallest absolute Gasteiger partial charge is 0.125 e. The Hall–Kier alpha value is -1.09. The molecule has 0 amide bonds. The molecular weight excluding hydrogens is 251 g/mol. The molecule has 1 unspecified atom stereocenters. The highest BCUT2D eigenvalue weighted by molar-refractivity contribution is 5.49. The van der Waals surface area contributed by atoms with E-state index >= 15 is 0 Å². The van der Waals surface area contributed by atoms with Gasteiger partial charge in [0.1, 0.15) is 5.82 Å². The van der Waals surface area contributed by atoms with E-state index in [0.717, 1.165) is 36.8 Å². The molecule has 1 N–H and O–H groups in total. The molecule has 1 heterocycles. The third kappa shape index (κ3) is 3.72. The Morgan fingerprint density at radius 3 is 2.80 bits per heavy atom. The number of nitrogens with one attached hydrogen (secondary N) is 1. The largest absolute Gasteiger partial charge is 0.371 e. The van der Waals surface area contributed by atoms with Gasteiger partial charge in [-0.2, -0.15) is 0 Å². The molecule has 0 aromatic heterocycles. The van der Waals surface area contributed by atoms with E-state index in [0.29, 0.717) is 6.04 Å². The van der Waals surface area contributed by atoms with Crippen molar-refractivity contribution in [1.82, 2.24) is 5.32 Å². The van der Waals surface area contributed by atoms with Crippen LogP contribution in [-0.4, -0.2) is 19.1 Å². The second kappa shape index (κ2) is 6.13. The van der Waals surface area contributed by atoms with Crippen LogP contribution in [0.15, 0.2) is 18.2 Å². The van der Waals surface area contributed by atoms with E-state index in [4.69, 9.17) is 0 Å². The van der Waals surface area contributed by atoms with Crippen molar-refractivity contribution in [3.63, 3.8) is 0 Å². The van der Waals surface area contributed by atoms with Gasteiger partial charge in [-0.05, 0) is 61.8 Å². The topological polar surface area (TPSA) is 15.3 Å². The molecule has 1 aliphatic heterocycles. The van der Waals surface area contributed by atoms with Crippen molar-refractivity contribution in [3.8, 4) is 0 Å². The summed E-state index contributed by atoms with van der Waals surface area (Å²) in [6.07, 6.45) is 6.26. The molecule has 2 nitrogen and oxygen atoms in total. The molecule has 0 bridgehead atoms. The lowest BCUT2D eigenvalue weighted by molar-refractivity contribution is 0.521. The van der Waals surface area contributed by atoms with Crippen LogP contribution < -0.4 is 10.2 Å². The Bertz CT molecular complexity index is 456. The fraction of sp³-hybridized carbons (Fsp3) is 0.647. The summed E-state index contributed by atoms with van der Waals surface area (Å²) in [6, 6.07) is 6.19. The van der Waals surface area contributed by atoms with Crippen LogP contribution in [0, 0.1) is 11.7 Å². The summed E-state index contributed by atoms with van der Waals surface area (Å²) in [5, 5.41) is 3.46. The number of halogens is 1. The van der Waals surface area contributed by atoms with Gasteiger partial charge in [0.25, 0.3) is 0 Å². The zero-order valence-corrected chi connectivity index (χ0v) is 12.4. The highest BCUT2D eigenvalue weighted by Crippen LogP contribution is 2.25. The molecule has 1 aromatic carbocycles. The lowest BCUT2D eigenvalue weighted by Crippen LogP contribution is -2.24. The predicted molar refractivity (Wildman–Crippen MR) is 81.5 cm³/mol. The van der Waals surface area contributed by atoms with Gasteiger partial charge in [-0.25, -0.2) is 4.39 Å². The fourth-order valence-electron chi connectivity index (χ4n) is 2.99. The summed E-state index contributed by atoms with van der Waals surface area (Å²) < 4.78 is 13.8. The maximum atomic E-state index is 13.8. The van der Waals surface area contributed by atoms with Crippen LogP contribution in [0.2, 0.25) is 0 Å². The van der Waals surface area contributed by atoms with Crippen LogP contribution in [-0.2, 0) is 6.54 Å². The first-order chi connectivity index (χ1) is 9.70. The molecule has 1 saturated heterocycles. The zero-order chi connectivity index (χ0) is 13.9. The van der Waals surface area contributed by atoms with Crippen molar-refractivity contribution in [3.05, 3.63) is 29.6 Å². The molecule has 1 aromatic rings. The predicted octanol–water partition coefficient (Wildman–Crippen LogP) is 3.70. The summed E-state index contributed by atoms with van der Waals surface area (Å²) in [5.41, 5.74) is 2.14. The number of anilines is 1. The molecular formula is C17H25FN2. The van der Waals surface area contributed by atoms with Crippen LogP contribution in [0.25, 0.3) is 0 Å². The summed E-state index contributed by atoms with van der Waals surface area (Å²) >= 11 is 0. The van der Waals surface area contributed by atoms with E-state index in [1.807, 2.05) is 0 Å². The normalized spacial score (nSPS) is 23.7. The Morgan fingerprint density at radius 2 is 2.00 bits per heavy atom. The SMILES string of the molecule is CC1CCCN(c2cc(F)cc(CNC3CC3)c2)CC1. The van der Waals surface area contributed by atoms with Gasteiger partial charge in [0.15, 0.2) is 0 Å². The number of benzene rings is 1. The van der Waals surface area contributed by atoms with Gasteiger partial charge in [0.05, 0.1) is 0 Å². The van der Waals surface area contributed by atoms with Crippen molar-refractivity contribution in [2.24, 2.45) is 5.92 Å². The van der Waals surface area contributed by atoms with E-state index < -0.39 is 0 Å². The Kier molecular flexibility index (Phi) is 4.25. The first kappa shape index (κ1) is 13.9. The van der Waals surface area contributed by atoms with Gasteiger partial charge < -0.3 is 10.2 Å². The minimum Gasteiger partial charge on any atom is -0.371 e. The molecule has 0 radical (unpaired) electrons. The maximum Gasteiger partial charge on any atom is 0.125 e. The van der Waals surface area contributed by atoms with Crippen molar-refractivity contribution in [2.75, 3.05) is 18.0 Å². The lowest BCUT2D eigenvalue weighted by Gasteiger charge is -2.23. The van der Waals surface area contributed by atoms with Crippen molar-refractivity contribution in [1.29, 1.82) is 0 Å². The molecule has 20 heavy (non-hydrogen) atoms. The number of hydrogen-bond donors (Lipinski definition) is 1. The van der Waals surface area contributed by atoms with E-state index in [2.05, 4.69) is 23.2 Å². The van der Waals surface area contributed by atoms with Crippen molar-refractivity contribution >= 4 is 5.69 Å². The van der Waals surface area contributed by atoms with Gasteiger partial charge in [-0.15, -0.1) is 0 Å². The number of nitrogens with zero attached hydrogens (tertiary/aromatic N) is 1. The van der Waals surface area contributed by atoms with E-state index in [9.17, 15) is 4.39 Å². The van der Waals surface area contributed by atoms with Crippen LogP contribution in [0.4, 0.5) is 10.1 Å². The molecule has 110 valence electrons. The molecule has 3 heteroatoms. The third-order valence-corrected chi connectivity index (χ3v) is 4.50. The minimum absolute atomic E-state index is 0.104. The fourth-order valence-corrected chi connectivity index (χ4v) is 2.99. The van der Waals surface area contributed by atoms with Crippen LogP contribution in [0.1, 0.15) is 44.6 Å². The van der Waals surface area contributed by atoms with Gasteiger partial charge in [0.2, 0.25) is 0 Å². The Balaban J connectivity index is 1.70. The molecule has 2 fully saturated rings. The molecule has 1 aliphatic carbocycles. The maximum absolute atomic E-state index is 13.8. The van der Waals surface area contributed by atoms with Crippen LogP contribution >= 0.6 is 0 Å². The second-order valence-corrected chi connectivity index (χ2v) is 6.50. The average Bonchev–Trinajstić information content (AvgIpc) is 3.23. The number of hydrogen-bond acceptors (Lipinski definition) is 2. The number of rotatable bonds is 4. The van der Waals surface area contributed by atoms with Gasteiger partial charge in [-0.1, -0.05) is 6.92 Å². The van der Waals surface area contributed by atoms with E-state index in [-0.39, 0.29) is 5.82 Å². The summed E-state index contributed by atoms with van der Waals surface area (Å²) in [7, 11) is 0. The van der Waals surface area contributed by atoms with Crippen LogP contribution in [0.3, 0.4) is 0 Å². The highest BCUT2D eigenvalue weighted by atomic mass is 19.1. The lowest BCUT2D eigenvalue weighted by atomic mass is 10.0. The summed E-state index contributed by atoms with van der Waals surface area (Å²) in [6.45, 7) is 5.23. The van der Waals surface area contributed by atoms with Crippen molar-refractivity contribution < 1.29 is 4.39 Å². The molecule has 3 rings (SSSR count). The van der Waals surface area contributed by atoms with E-state index in [1.165, 1.54) is 32.1 Å². The summed E-state index contributed by atoms with van der Waals surface area (Å²) in [5.74, 6) is 0.692. The van der Waals surface area contributed by atoms with Gasteiger partial charge in [-0.3, -0.25) is 0 Å². The second-order valence-electron chi connectivity index (χ2n) is 6.50. The zero-order valence-electron chi connectivity index (χ0n) is 12.4.